The molecule has 4 rings (SSSR count). The maximum absolute atomic E-state index is 13.2. The van der Waals surface area contributed by atoms with Crippen LogP contribution in [0.1, 0.15) is 29.4 Å². The summed E-state index contributed by atoms with van der Waals surface area (Å²) in [5.74, 6) is -0.379. The molecule has 0 unspecified atom stereocenters. The van der Waals surface area contributed by atoms with E-state index in [1.54, 1.807) is 17.0 Å². The lowest BCUT2D eigenvalue weighted by Gasteiger charge is -2.12. The highest BCUT2D eigenvalue weighted by Crippen LogP contribution is 2.35. The van der Waals surface area contributed by atoms with Crippen molar-refractivity contribution in [1.82, 2.24) is 9.47 Å². The molecule has 7 heteroatoms. The lowest BCUT2D eigenvalue weighted by molar-refractivity contribution is -0.122. The van der Waals surface area contributed by atoms with Gasteiger partial charge in [0.1, 0.15) is 5.82 Å². The molecule has 1 fully saturated rings. The molecular weight excluding hydrogens is 489 g/mol. The highest BCUT2D eigenvalue weighted by Gasteiger charge is 2.32. The number of carbonyl (C=O) groups excluding carboxylic acids is 1. The Morgan fingerprint density at radius 1 is 1.09 bits per heavy atom. The molecule has 0 aliphatic carbocycles. The number of hydrogen-bond acceptors (Lipinski definition) is 3. The highest BCUT2D eigenvalue weighted by atomic mass is 79.9. The van der Waals surface area contributed by atoms with Crippen molar-refractivity contribution in [3.8, 4) is 5.69 Å². The number of halogens is 2. The Balaban J connectivity index is 1.70. The smallest absolute Gasteiger partial charge is 0.266 e. The fraction of sp³-hybridized carbons (Fsp3) is 0.200. The van der Waals surface area contributed by atoms with Crippen molar-refractivity contribution in [1.29, 1.82) is 0 Å². The van der Waals surface area contributed by atoms with Crippen LogP contribution in [0.3, 0.4) is 0 Å². The molecule has 1 aliphatic rings. The average molecular weight is 512 g/mol. The summed E-state index contributed by atoms with van der Waals surface area (Å²) in [6.45, 7) is 8.63. The molecule has 1 saturated heterocycles. The summed E-state index contributed by atoms with van der Waals surface area (Å²) < 4.78 is 16.5. The second kappa shape index (κ2) is 9.08. The van der Waals surface area contributed by atoms with Gasteiger partial charge in [0.2, 0.25) is 0 Å². The number of hydrogen-bond donors (Lipinski definition) is 0. The monoisotopic (exact) mass is 511 g/mol. The normalized spacial score (nSPS) is 16.6. The van der Waals surface area contributed by atoms with Crippen LogP contribution in [0.2, 0.25) is 0 Å². The van der Waals surface area contributed by atoms with Gasteiger partial charge in [-0.2, -0.15) is 0 Å². The van der Waals surface area contributed by atoms with Gasteiger partial charge in [-0.3, -0.25) is 9.69 Å². The highest BCUT2D eigenvalue weighted by molar-refractivity contribution is 9.10. The molecule has 1 amide bonds. The number of amidine groups is 1. The van der Waals surface area contributed by atoms with Gasteiger partial charge in [0.15, 0.2) is 5.17 Å². The molecule has 4 nitrogen and oxygen atoms in total. The summed E-state index contributed by atoms with van der Waals surface area (Å²) >= 11 is 4.91. The van der Waals surface area contributed by atoms with Crippen LogP contribution in [-0.2, 0) is 4.79 Å². The van der Waals surface area contributed by atoms with Crippen LogP contribution in [0, 0.1) is 26.6 Å². The van der Waals surface area contributed by atoms with Gasteiger partial charge in [0.05, 0.1) is 10.6 Å². The number of amides is 1. The maximum atomic E-state index is 13.2. The summed E-state index contributed by atoms with van der Waals surface area (Å²) in [5.41, 5.74) is 6.03. The SMILES string of the molecule is CCN1C(=O)/C(=C\c2cc(C)n(-c3ccc(Br)c(C)c3)c2C)SC1=Nc1ccc(F)cc1. The Bertz CT molecular complexity index is 1260. The maximum Gasteiger partial charge on any atom is 0.266 e. The van der Waals surface area contributed by atoms with Crippen molar-refractivity contribution in [2.24, 2.45) is 4.99 Å². The van der Waals surface area contributed by atoms with Crippen LogP contribution in [0.5, 0.6) is 0 Å². The largest absolute Gasteiger partial charge is 0.318 e. The molecule has 0 N–H and O–H groups in total. The Morgan fingerprint density at radius 2 is 1.81 bits per heavy atom. The summed E-state index contributed by atoms with van der Waals surface area (Å²) in [6, 6.07) is 14.3. The first-order valence-electron chi connectivity index (χ1n) is 10.3. The van der Waals surface area contributed by atoms with Crippen molar-refractivity contribution in [2.45, 2.75) is 27.7 Å². The van der Waals surface area contributed by atoms with Crippen LogP contribution in [0.4, 0.5) is 10.1 Å². The quantitative estimate of drug-likeness (QED) is 0.356. The number of thioether (sulfide) groups is 1. The summed E-state index contributed by atoms with van der Waals surface area (Å²) in [6.07, 6.45) is 1.94. The van der Waals surface area contributed by atoms with Crippen LogP contribution in [0.15, 0.2) is 62.9 Å². The van der Waals surface area contributed by atoms with E-state index in [1.807, 2.05) is 13.0 Å². The van der Waals surface area contributed by atoms with Gasteiger partial charge in [0, 0.05) is 28.1 Å². The predicted octanol–water partition coefficient (Wildman–Crippen LogP) is 6.93. The summed E-state index contributed by atoms with van der Waals surface area (Å²) in [4.78, 5) is 19.9. The van der Waals surface area contributed by atoms with Crippen molar-refractivity contribution in [3.05, 3.63) is 86.2 Å². The van der Waals surface area contributed by atoms with E-state index in [9.17, 15) is 9.18 Å². The minimum atomic E-state index is -0.312. The zero-order chi connectivity index (χ0) is 23.0. The number of aromatic nitrogens is 1. The third-order valence-electron chi connectivity index (χ3n) is 5.41. The molecular formula is C25H23BrFN3OS. The predicted molar refractivity (Wildman–Crippen MR) is 134 cm³/mol. The van der Waals surface area contributed by atoms with Crippen LogP contribution >= 0.6 is 27.7 Å². The molecule has 164 valence electrons. The molecule has 32 heavy (non-hydrogen) atoms. The lowest BCUT2D eigenvalue weighted by atomic mass is 10.2. The van der Waals surface area contributed by atoms with Gasteiger partial charge in [-0.1, -0.05) is 15.9 Å². The Hall–Kier alpha value is -2.64. The van der Waals surface area contributed by atoms with E-state index in [-0.39, 0.29) is 11.7 Å². The van der Waals surface area contributed by atoms with E-state index >= 15 is 0 Å². The second-order valence-electron chi connectivity index (χ2n) is 7.63. The molecule has 0 saturated carbocycles. The first-order valence-corrected chi connectivity index (χ1v) is 11.9. The molecule has 0 bridgehead atoms. The van der Waals surface area contributed by atoms with E-state index in [1.165, 1.54) is 23.9 Å². The number of aliphatic imine (C=N–C) groups is 1. The van der Waals surface area contributed by atoms with E-state index in [0.29, 0.717) is 22.3 Å². The first-order chi connectivity index (χ1) is 15.3. The molecule has 1 aromatic heterocycles. The fourth-order valence-electron chi connectivity index (χ4n) is 3.74. The Labute approximate surface area is 200 Å². The van der Waals surface area contributed by atoms with Gasteiger partial charge in [-0.05, 0) is 105 Å². The number of aryl methyl sites for hydroxylation is 2. The molecule has 0 radical (unpaired) electrons. The Kier molecular flexibility index (Phi) is 6.40. The second-order valence-corrected chi connectivity index (χ2v) is 9.49. The van der Waals surface area contributed by atoms with Crippen LogP contribution < -0.4 is 0 Å². The third kappa shape index (κ3) is 4.32. The number of benzene rings is 2. The zero-order valence-corrected chi connectivity index (χ0v) is 20.7. The topological polar surface area (TPSA) is 37.6 Å². The van der Waals surface area contributed by atoms with E-state index in [0.717, 1.165) is 32.7 Å². The fourth-order valence-corrected chi connectivity index (χ4v) is 5.04. The average Bonchev–Trinajstić information content (AvgIpc) is 3.21. The molecule has 3 aromatic rings. The number of rotatable bonds is 4. The summed E-state index contributed by atoms with van der Waals surface area (Å²) in [7, 11) is 0. The molecule has 2 aromatic carbocycles. The van der Waals surface area contributed by atoms with Crippen LogP contribution in [-0.4, -0.2) is 27.1 Å². The standard InChI is InChI=1S/C25H23BrFN3OS/c1-5-29-24(31)23(32-25(29)28-20-8-6-19(27)7-9-20)14-18-13-16(3)30(17(18)4)21-10-11-22(26)15(2)12-21/h6-14H,5H2,1-4H3/b23-14+,28-25?. The third-order valence-corrected chi connectivity index (χ3v) is 7.31. The van der Waals surface area contributed by atoms with Crippen molar-refractivity contribution >= 4 is 50.5 Å². The van der Waals surface area contributed by atoms with E-state index in [2.05, 4.69) is 70.5 Å². The molecule has 2 heterocycles. The van der Waals surface area contributed by atoms with Gasteiger partial charge in [-0.15, -0.1) is 0 Å². The van der Waals surface area contributed by atoms with Crippen LogP contribution in [0.25, 0.3) is 11.8 Å². The molecule has 0 spiro atoms. The van der Waals surface area contributed by atoms with Gasteiger partial charge in [0.25, 0.3) is 5.91 Å². The van der Waals surface area contributed by atoms with Crippen molar-refractivity contribution < 1.29 is 9.18 Å². The van der Waals surface area contributed by atoms with Crippen molar-refractivity contribution in [2.75, 3.05) is 6.54 Å². The van der Waals surface area contributed by atoms with Gasteiger partial charge < -0.3 is 4.57 Å². The zero-order valence-electron chi connectivity index (χ0n) is 18.3. The summed E-state index contributed by atoms with van der Waals surface area (Å²) in [5, 5.41) is 0.604. The van der Waals surface area contributed by atoms with E-state index in [4.69, 9.17) is 0 Å². The minimum absolute atomic E-state index is 0.0670. The number of carbonyl (C=O) groups is 1. The number of likely N-dealkylation sites (N-methyl/N-ethyl adjacent to an activating group) is 1. The molecule has 1 aliphatic heterocycles. The Morgan fingerprint density at radius 3 is 2.47 bits per heavy atom. The minimum Gasteiger partial charge on any atom is -0.318 e. The van der Waals surface area contributed by atoms with Gasteiger partial charge >= 0.3 is 0 Å². The molecule has 0 atom stereocenters. The first kappa shape index (κ1) is 22.6. The number of nitrogens with zero attached hydrogens (tertiary/aromatic N) is 3. The van der Waals surface area contributed by atoms with Gasteiger partial charge in [-0.25, -0.2) is 9.38 Å². The van der Waals surface area contributed by atoms with Crippen molar-refractivity contribution in [3.63, 3.8) is 0 Å². The lowest BCUT2D eigenvalue weighted by Crippen LogP contribution is -2.28. The van der Waals surface area contributed by atoms with E-state index < -0.39 is 0 Å².